The number of carbonyl (C=O) groups is 1. The van der Waals surface area contributed by atoms with E-state index in [1.807, 2.05) is 18.0 Å². The molecule has 2 rings (SSSR count). The third-order valence-corrected chi connectivity index (χ3v) is 3.37. The van der Waals surface area contributed by atoms with Crippen LogP contribution in [-0.2, 0) is 11.3 Å². The van der Waals surface area contributed by atoms with Crippen LogP contribution in [0.25, 0.3) is 0 Å². The van der Waals surface area contributed by atoms with E-state index in [0.717, 1.165) is 5.76 Å². The number of nitro benzene ring substituents is 1. The smallest absolute Gasteiger partial charge is 0.269 e. The number of benzene rings is 1. The molecule has 22 heavy (non-hydrogen) atoms. The van der Waals surface area contributed by atoms with Crippen LogP contribution in [0.3, 0.4) is 0 Å². The predicted octanol–water partition coefficient (Wildman–Crippen LogP) is 2.65. The Bertz CT molecular complexity index is 637. The molecule has 1 heterocycles. The first-order valence-corrected chi connectivity index (χ1v) is 6.75. The highest BCUT2D eigenvalue weighted by Crippen LogP contribution is 2.16. The molecule has 116 valence electrons. The third kappa shape index (κ3) is 3.92. The number of amides is 1. The Labute approximate surface area is 127 Å². The van der Waals surface area contributed by atoms with Crippen molar-refractivity contribution in [1.82, 2.24) is 4.90 Å². The van der Waals surface area contributed by atoms with Gasteiger partial charge in [-0.15, -0.1) is 0 Å². The first-order chi connectivity index (χ1) is 10.5. The zero-order valence-corrected chi connectivity index (χ0v) is 12.4. The summed E-state index contributed by atoms with van der Waals surface area (Å²) in [6.07, 6.45) is 1.59. The number of rotatable bonds is 6. The van der Waals surface area contributed by atoms with E-state index in [1.165, 1.54) is 24.3 Å². The van der Waals surface area contributed by atoms with Crippen LogP contribution in [0.5, 0.6) is 0 Å². The van der Waals surface area contributed by atoms with E-state index in [4.69, 9.17) is 4.42 Å². The minimum absolute atomic E-state index is 0.0130. The highest BCUT2D eigenvalue weighted by molar-refractivity contribution is 5.94. The van der Waals surface area contributed by atoms with Crippen LogP contribution >= 0.6 is 0 Å². The van der Waals surface area contributed by atoms with Gasteiger partial charge in [-0.05, 0) is 38.2 Å². The lowest BCUT2D eigenvalue weighted by Crippen LogP contribution is -2.39. The number of carbonyl (C=O) groups excluding carboxylic acids is 1. The molecule has 0 fully saturated rings. The summed E-state index contributed by atoms with van der Waals surface area (Å²) in [7, 11) is 1.82. The Morgan fingerprint density at radius 1 is 1.36 bits per heavy atom. The summed E-state index contributed by atoms with van der Waals surface area (Å²) in [5, 5.41) is 13.3. The Balaban J connectivity index is 1.94. The van der Waals surface area contributed by atoms with Crippen LogP contribution in [0.4, 0.5) is 11.4 Å². The molecule has 7 nitrogen and oxygen atoms in total. The maximum absolute atomic E-state index is 12.2. The summed E-state index contributed by atoms with van der Waals surface area (Å²) in [4.78, 5) is 24.1. The molecule has 0 radical (unpaired) electrons. The number of non-ortho nitro benzene ring substituents is 1. The summed E-state index contributed by atoms with van der Waals surface area (Å²) < 4.78 is 5.25. The number of nitro groups is 1. The first-order valence-electron chi connectivity index (χ1n) is 6.75. The summed E-state index contributed by atoms with van der Waals surface area (Å²) >= 11 is 0. The normalized spacial score (nSPS) is 12.1. The molecule has 2 aromatic rings. The van der Waals surface area contributed by atoms with E-state index in [1.54, 1.807) is 19.3 Å². The Morgan fingerprint density at radius 2 is 2.05 bits per heavy atom. The molecule has 7 heteroatoms. The number of hydrogen-bond donors (Lipinski definition) is 1. The molecule has 1 aromatic heterocycles. The second-order valence-electron chi connectivity index (χ2n) is 4.96. The molecular formula is C15H17N3O4. The monoisotopic (exact) mass is 303 g/mol. The van der Waals surface area contributed by atoms with Gasteiger partial charge >= 0.3 is 0 Å². The van der Waals surface area contributed by atoms with Gasteiger partial charge in [0.1, 0.15) is 5.76 Å². The fourth-order valence-corrected chi connectivity index (χ4v) is 1.90. The molecule has 1 amide bonds. The Hall–Kier alpha value is -2.67. The number of nitrogens with zero attached hydrogens (tertiary/aromatic N) is 2. The molecule has 1 unspecified atom stereocenters. The van der Waals surface area contributed by atoms with Crippen molar-refractivity contribution in [2.24, 2.45) is 0 Å². The highest BCUT2D eigenvalue weighted by Gasteiger charge is 2.19. The van der Waals surface area contributed by atoms with Crippen molar-refractivity contribution in [3.8, 4) is 0 Å². The zero-order valence-electron chi connectivity index (χ0n) is 12.4. The fraction of sp³-hybridized carbons (Fsp3) is 0.267. The van der Waals surface area contributed by atoms with Crippen LogP contribution in [0, 0.1) is 10.1 Å². The second kappa shape index (κ2) is 6.86. The minimum atomic E-state index is -0.481. The number of nitrogens with one attached hydrogen (secondary N) is 1. The van der Waals surface area contributed by atoms with E-state index >= 15 is 0 Å². The van der Waals surface area contributed by atoms with Gasteiger partial charge in [0.05, 0.1) is 23.8 Å². The van der Waals surface area contributed by atoms with Gasteiger partial charge in [0.2, 0.25) is 5.91 Å². The van der Waals surface area contributed by atoms with Crippen LogP contribution in [0.1, 0.15) is 12.7 Å². The third-order valence-electron chi connectivity index (χ3n) is 3.37. The van der Waals surface area contributed by atoms with Crippen molar-refractivity contribution in [1.29, 1.82) is 0 Å². The van der Waals surface area contributed by atoms with Crippen molar-refractivity contribution in [2.45, 2.75) is 19.5 Å². The lowest BCUT2D eigenvalue weighted by atomic mass is 10.2. The Kier molecular flexibility index (Phi) is 4.90. The average molecular weight is 303 g/mol. The number of anilines is 1. The summed E-state index contributed by atoms with van der Waals surface area (Å²) in [5.41, 5.74) is 0.509. The van der Waals surface area contributed by atoms with Crippen LogP contribution in [0.15, 0.2) is 47.1 Å². The standard InChI is InChI=1S/C15H17N3O4/c1-11(17(2)10-14-4-3-9-22-14)15(19)16-12-5-7-13(8-6-12)18(20)21/h3-9,11H,10H2,1-2H3,(H,16,19). The summed E-state index contributed by atoms with van der Waals surface area (Å²) in [5.74, 6) is 0.584. The van der Waals surface area contributed by atoms with Crippen molar-refractivity contribution >= 4 is 17.3 Å². The molecule has 1 atom stereocenters. The lowest BCUT2D eigenvalue weighted by Gasteiger charge is -2.22. The van der Waals surface area contributed by atoms with Crippen molar-refractivity contribution in [3.63, 3.8) is 0 Å². The van der Waals surface area contributed by atoms with Gasteiger partial charge in [0, 0.05) is 17.8 Å². The molecule has 0 spiro atoms. The van der Waals surface area contributed by atoms with Gasteiger partial charge in [0.15, 0.2) is 0 Å². The van der Waals surface area contributed by atoms with E-state index < -0.39 is 4.92 Å². The molecular weight excluding hydrogens is 286 g/mol. The molecule has 0 saturated heterocycles. The molecule has 0 aliphatic heterocycles. The van der Waals surface area contributed by atoms with Crippen LogP contribution in [-0.4, -0.2) is 28.8 Å². The second-order valence-corrected chi connectivity index (χ2v) is 4.96. The van der Waals surface area contributed by atoms with Gasteiger partial charge in [-0.25, -0.2) is 0 Å². The van der Waals surface area contributed by atoms with Gasteiger partial charge in [0.25, 0.3) is 5.69 Å². The van der Waals surface area contributed by atoms with Crippen LogP contribution in [0.2, 0.25) is 0 Å². The van der Waals surface area contributed by atoms with Gasteiger partial charge < -0.3 is 9.73 Å². The number of likely N-dealkylation sites (N-methyl/N-ethyl adjacent to an activating group) is 1. The summed E-state index contributed by atoms with van der Waals surface area (Å²) in [6, 6.07) is 8.99. The van der Waals surface area contributed by atoms with Crippen molar-refractivity contribution in [2.75, 3.05) is 12.4 Å². The van der Waals surface area contributed by atoms with Crippen molar-refractivity contribution in [3.05, 3.63) is 58.5 Å². The minimum Gasteiger partial charge on any atom is -0.468 e. The predicted molar refractivity (Wildman–Crippen MR) is 81.4 cm³/mol. The Morgan fingerprint density at radius 3 is 2.59 bits per heavy atom. The van der Waals surface area contributed by atoms with Gasteiger partial charge in [-0.3, -0.25) is 19.8 Å². The molecule has 0 aliphatic rings. The molecule has 1 aromatic carbocycles. The van der Waals surface area contributed by atoms with E-state index in [-0.39, 0.29) is 17.6 Å². The zero-order chi connectivity index (χ0) is 16.1. The quantitative estimate of drug-likeness (QED) is 0.654. The van der Waals surface area contributed by atoms with Gasteiger partial charge in [-0.1, -0.05) is 0 Å². The number of furan rings is 1. The van der Waals surface area contributed by atoms with Crippen LogP contribution < -0.4 is 5.32 Å². The van der Waals surface area contributed by atoms with E-state index in [2.05, 4.69) is 5.32 Å². The van der Waals surface area contributed by atoms with E-state index in [9.17, 15) is 14.9 Å². The topological polar surface area (TPSA) is 88.6 Å². The molecule has 0 saturated carbocycles. The largest absolute Gasteiger partial charge is 0.468 e. The maximum atomic E-state index is 12.2. The fourth-order valence-electron chi connectivity index (χ4n) is 1.90. The summed E-state index contributed by atoms with van der Waals surface area (Å²) in [6.45, 7) is 2.30. The SMILES string of the molecule is CC(C(=O)Nc1ccc([N+](=O)[O-])cc1)N(C)Cc1ccco1. The first kappa shape index (κ1) is 15.7. The molecule has 0 bridgehead atoms. The molecule has 1 N–H and O–H groups in total. The van der Waals surface area contributed by atoms with E-state index in [0.29, 0.717) is 12.2 Å². The highest BCUT2D eigenvalue weighted by atomic mass is 16.6. The lowest BCUT2D eigenvalue weighted by molar-refractivity contribution is -0.384. The molecule has 0 aliphatic carbocycles. The maximum Gasteiger partial charge on any atom is 0.269 e. The van der Waals surface area contributed by atoms with Gasteiger partial charge in [-0.2, -0.15) is 0 Å². The number of hydrogen-bond acceptors (Lipinski definition) is 5. The average Bonchev–Trinajstić information content (AvgIpc) is 2.99. The van der Waals surface area contributed by atoms with Crippen molar-refractivity contribution < 1.29 is 14.1 Å².